The van der Waals surface area contributed by atoms with Crippen LogP contribution in [-0.2, 0) is 4.79 Å². The van der Waals surface area contributed by atoms with E-state index >= 15 is 0 Å². The second kappa shape index (κ2) is 6.03. The van der Waals surface area contributed by atoms with Gasteiger partial charge in [-0.1, -0.05) is 12.8 Å². The maximum Gasteiger partial charge on any atom is 0.254 e. The van der Waals surface area contributed by atoms with Crippen molar-refractivity contribution < 1.29 is 14.0 Å². The Labute approximate surface area is 117 Å². The largest absolute Gasteiger partial charge is 0.368 e. The van der Waals surface area contributed by atoms with E-state index in [-0.39, 0.29) is 24.3 Å². The van der Waals surface area contributed by atoms with E-state index in [4.69, 9.17) is 5.73 Å². The van der Waals surface area contributed by atoms with Gasteiger partial charge >= 0.3 is 0 Å². The predicted octanol–water partition coefficient (Wildman–Crippen LogP) is 2.00. The Morgan fingerprint density at radius 2 is 2.00 bits per heavy atom. The third kappa shape index (κ3) is 3.15. The number of aryl methyl sites for hydroxylation is 1. The zero-order valence-electron chi connectivity index (χ0n) is 11.6. The molecule has 0 aromatic heterocycles. The molecule has 0 unspecified atom stereocenters. The van der Waals surface area contributed by atoms with Gasteiger partial charge in [0, 0.05) is 11.6 Å². The van der Waals surface area contributed by atoms with Crippen molar-refractivity contribution in [3.8, 4) is 0 Å². The minimum Gasteiger partial charge on any atom is -0.368 e. The molecular weight excluding hydrogens is 259 g/mol. The fraction of sp³-hybridized carbons (Fsp3) is 0.467. The lowest BCUT2D eigenvalue weighted by Crippen LogP contribution is -2.44. The van der Waals surface area contributed by atoms with Gasteiger partial charge in [0.05, 0.1) is 6.54 Å². The Hall–Kier alpha value is -1.91. The molecule has 0 bridgehead atoms. The molecule has 20 heavy (non-hydrogen) atoms. The summed E-state index contributed by atoms with van der Waals surface area (Å²) in [5.74, 6) is -1.12. The van der Waals surface area contributed by atoms with Crippen molar-refractivity contribution in [2.24, 2.45) is 5.73 Å². The lowest BCUT2D eigenvalue weighted by Gasteiger charge is -2.28. The van der Waals surface area contributed by atoms with Crippen LogP contribution in [0.15, 0.2) is 18.2 Å². The first-order chi connectivity index (χ1) is 9.49. The van der Waals surface area contributed by atoms with E-state index in [0.29, 0.717) is 11.1 Å². The number of amides is 2. The Morgan fingerprint density at radius 3 is 2.55 bits per heavy atom. The van der Waals surface area contributed by atoms with Gasteiger partial charge in [0.25, 0.3) is 5.91 Å². The van der Waals surface area contributed by atoms with Crippen molar-refractivity contribution in [2.45, 2.75) is 38.6 Å². The SMILES string of the molecule is Cc1cc(C(=O)N(CC(N)=O)C2CCCC2)ccc1F. The van der Waals surface area contributed by atoms with Crippen LogP contribution in [0.3, 0.4) is 0 Å². The molecule has 0 spiro atoms. The summed E-state index contributed by atoms with van der Waals surface area (Å²) in [5, 5.41) is 0. The van der Waals surface area contributed by atoms with Crippen LogP contribution in [0.4, 0.5) is 4.39 Å². The van der Waals surface area contributed by atoms with Crippen molar-refractivity contribution in [1.29, 1.82) is 0 Å². The number of rotatable bonds is 4. The molecule has 0 atom stereocenters. The minimum atomic E-state index is -0.524. The lowest BCUT2D eigenvalue weighted by molar-refractivity contribution is -0.119. The summed E-state index contributed by atoms with van der Waals surface area (Å²) in [6.07, 6.45) is 3.88. The molecule has 0 radical (unpaired) electrons. The number of nitrogens with two attached hydrogens (primary N) is 1. The number of benzene rings is 1. The van der Waals surface area contributed by atoms with E-state index < -0.39 is 5.91 Å². The van der Waals surface area contributed by atoms with E-state index in [2.05, 4.69) is 0 Å². The highest BCUT2D eigenvalue weighted by Crippen LogP contribution is 2.25. The van der Waals surface area contributed by atoms with E-state index in [9.17, 15) is 14.0 Å². The molecular formula is C15H19FN2O2. The maximum absolute atomic E-state index is 13.3. The van der Waals surface area contributed by atoms with Crippen molar-refractivity contribution in [1.82, 2.24) is 4.90 Å². The zero-order valence-corrected chi connectivity index (χ0v) is 11.6. The molecule has 0 heterocycles. The van der Waals surface area contributed by atoms with Gasteiger partial charge in [-0.2, -0.15) is 0 Å². The quantitative estimate of drug-likeness (QED) is 0.915. The average Bonchev–Trinajstić information content (AvgIpc) is 2.92. The van der Waals surface area contributed by atoms with Crippen LogP contribution in [0.2, 0.25) is 0 Å². The van der Waals surface area contributed by atoms with Crippen LogP contribution in [-0.4, -0.2) is 29.3 Å². The van der Waals surface area contributed by atoms with Crippen LogP contribution in [0.5, 0.6) is 0 Å². The Kier molecular flexibility index (Phi) is 4.37. The summed E-state index contributed by atoms with van der Waals surface area (Å²) in [6.45, 7) is 1.53. The molecule has 0 saturated heterocycles. The van der Waals surface area contributed by atoms with Gasteiger partial charge in [-0.05, 0) is 43.5 Å². The predicted molar refractivity (Wildman–Crippen MR) is 73.6 cm³/mol. The summed E-state index contributed by atoms with van der Waals surface area (Å²) < 4.78 is 13.3. The van der Waals surface area contributed by atoms with E-state index in [1.165, 1.54) is 23.1 Å². The van der Waals surface area contributed by atoms with Gasteiger partial charge in [0.1, 0.15) is 5.82 Å². The molecule has 2 rings (SSSR count). The lowest BCUT2D eigenvalue weighted by atomic mass is 10.1. The topological polar surface area (TPSA) is 63.4 Å². The standard InChI is InChI=1S/C15H19FN2O2/c1-10-8-11(6-7-13(10)16)15(20)18(9-14(17)19)12-4-2-3-5-12/h6-8,12H,2-5,9H2,1H3,(H2,17,19). The zero-order chi connectivity index (χ0) is 14.7. The molecule has 1 saturated carbocycles. The third-order valence-electron chi connectivity index (χ3n) is 3.76. The molecule has 1 fully saturated rings. The first-order valence-corrected chi connectivity index (χ1v) is 6.84. The monoisotopic (exact) mass is 278 g/mol. The molecule has 2 N–H and O–H groups in total. The van der Waals surface area contributed by atoms with Gasteiger partial charge in [-0.3, -0.25) is 9.59 Å². The van der Waals surface area contributed by atoms with Gasteiger partial charge in [-0.25, -0.2) is 4.39 Å². The van der Waals surface area contributed by atoms with Gasteiger partial charge in [0.15, 0.2) is 0 Å². The molecule has 1 aromatic carbocycles. The molecule has 108 valence electrons. The van der Waals surface area contributed by atoms with Crippen molar-refractivity contribution in [3.63, 3.8) is 0 Å². The first-order valence-electron chi connectivity index (χ1n) is 6.84. The number of halogens is 1. The highest BCUT2D eigenvalue weighted by molar-refractivity contribution is 5.96. The van der Waals surface area contributed by atoms with Crippen LogP contribution in [0.25, 0.3) is 0 Å². The minimum absolute atomic E-state index is 0.0559. The highest BCUT2D eigenvalue weighted by Gasteiger charge is 2.28. The Bertz CT molecular complexity index is 525. The van der Waals surface area contributed by atoms with Gasteiger partial charge in [-0.15, -0.1) is 0 Å². The number of hydrogen-bond acceptors (Lipinski definition) is 2. The average molecular weight is 278 g/mol. The number of carbonyl (C=O) groups is 2. The normalized spacial score (nSPS) is 15.3. The fourth-order valence-electron chi connectivity index (χ4n) is 2.69. The molecule has 1 aliphatic rings. The highest BCUT2D eigenvalue weighted by atomic mass is 19.1. The van der Waals surface area contributed by atoms with E-state index in [1.54, 1.807) is 6.92 Å². The molecule has 5 heteroatoms. The van der Waals surface area contributed by atoms with E-state index in [1.807, 2.05) is 0 Å². The van der Waals surface area contributed by atoms with Crippen molar-refractivity contribution in [2.75, 3.05) is 6.54 Å². The smallest absolute Gasteiger partial charge is 0.254 e. The van der Waals surface area contributed by atoms with Crippen LogP contribution < -0.4 is 5.73 Å². The number of carbonyl (C=O) groups excluding carboxylic acids is 2. The summed E-state index contributed by atoms with van der Waals surface area (Å²) in [5.41, 5.74) is 6.06. The molecule has 0 aliphatic heterocycles. The molecule has 2 amide bonds. The maximum atomic E-state index is 13.3. The Balaban J connectivity index is 2.24. The van der Waals surface area contributed by atoms with Crippen LogP contribution in [0, 0.1) is 12.7 Å². The summed E-state index contributed by atoms with van der Waals surface area (Å²) >= 11 is 0. The first kappa shape index (κ1) is 14.5. The Morgan fingerprint density at radius 1 is 1.35 bits per heavy atom. The summed E-state index contributed by atoms with van der Waals surface area (Å²) in [7, 11) is 0. The summed E-state index contributed by atoms with van der Waals surface area (Å²) in [4.78, 5) is 25.2. The number of hydrogen-bond donors (Lipinski definition) is 1. The molecule has 4 nitrogen and oxygen atoms in total. The second-order valence-electron chi connectivity index (χ2n) is 5.30. The molecule has 1 aliphatic carbocycles. The second-order valence-corrected chi connectivity index (χ2v) is 5.30. The van der Waals surface area contributed by atoms with Gasteiger partial charge < -0.3 is 10.6 Å². The summed E-state index contributed by atoms with van der Waals surface area (Å²) in [6, 6.07) is 4.30. The number of nitrogens with zero attached hydrogens (tertiary/aromatic N) is 1. The van der Waals surface area contributed by atoms with Crippen LogP contribution >= 0.6 is 0 Å². The van der Waals surface area contributed by atoms with Gasteiger partial charge in [0.2, 0.25) is 5.91 Å². The number of primary amides is 1. The van der Waals surface area contributed by atoms with Crippen molar-refractivity contribution >= 4 is 11.8 Å². The third-order valence-corrected chi connectivity index (χ3v) is 3.76. The van der Waals surface area contributed by atoms with E-state index in [0.717, 1.165) is 25.7 Å². The fourth-order valence-corrected chi connectivity index (χ4v) is 2.69. The molecule has 1 aromatic rings. The van der Waals surface area contributed by atoms with Crippen LogP contribution in [0.1, 0.15) is 41.6 Å². The van der Waals surface area contributed by atoms with Crippen molar-refractivity contribution in [3.05, 3.63) is 35.1 Å².